The minimum Gasteiger partial charge on any atom is -0.304 e. The molecule has 1 aliphatic carbocycles. The summed E-state index contributed by atoms with van der Waals surface area (Å²) in [6, 6.07) is 0. The fraction of sp³-hybridized carbons (Fsp3) is 1.00. The molecule has 0 aromatic rings. The number of nitrogens with zero attached hydrogens (tertiary/aromatic N) is 2. The van der Waals surface area contributed by atoms with Gasteiger partial charge in [0, 0.05) is 32.7 Å². The third-order valence-corrected chi connectivity index (χ3v) is 3.86. The van der Waals surface area contributed by atoms with Gasteiger partial charge in [-0.1, -0.05) is 6.92 Å². The van der Waals surface area contributed by atoms with E-state index < -0.39 is 0 Å². The summed E-state index contributed by atoms with van der Waals surface area (Å²) in [6.45, 7) is 8.83. The van der Waals surface area contributed by atoms with Crippen molar-refractivity contribution >= 4 is 0 Å². The molecule has 2 nitrogen and oxygen atoms in total. The summed E-state index contributed by atoms with van der Waals surface area (Å²) >= 11 is 0. The van der Waals surface area contributed by atoms with E-state index in [9.17, 15) is 0 Å². The first kappa shape index (κ1) is 9.47. The molecular formula is C11H22N2. The van der Waals surface area contributed by atoms with Crippen molar-refractivity contribution in [2.24, 2.45) is 5.41 Å². The Balaban J connectivity index is 1.76. The molecule has 2 rings (SSSR count). The molecule has 1 heterocycles. The number of hydrogen-bond acceptors (Lipinski definition) is 2. The van der Waals surface area contributed by atoms with Crippen molar-refractivity contribution in [3.05, 3.63) is 0 Å². The van der Waals surface area contributed by atoms with E-state index in [0.717, 1.165) is 5.41 Å². The molecule has 0 unspecified atom stereocenters. The normalized spacial score (nSPS) is 29.1. The molecule has 2 aliphatic rings. The van der Waals surface area contributed by atoms with Crippen LogP contribution in [-0.2, 0) is 0 Å². The van der Waals surface area contributed by atoms with E-state index in [0.29, 0.717) is 0 Å². The van der Waals surface area contributed by atoms with Gasteiger partial charge in [-0.2, -0.15) is 0 Å². The first-order valence-corrected chi connectivity index (χ1v) is 5.65. The standard InChI is InChI=1S/C11H22N2/c1-3-11(4-5-11)10-13-8-6-12(2)7-9-13/h3-10H2,1-2H3. The fourth-order valence-corrected chi connectivity index (χ4v) is 2.28. The molecule has 76 valence electrons. The van der Waals surface area contributed by atoms with Crippen molar-refractivity contribution in [1.82, 2.24) is 9.80 Å². The van der Waals surface area contributed by atoms with Gasteiger partial charge in [0.05, 0.1) is 0 Å². The highest BCUT2D eigenvalue weighted by Gasteiger charge is 2.41. The van der Waals surface area contributed by atoms with Crippen LogP contribution in [-0.4, -0.2) is 49.6 Å². The molecule has 1 saturated carbocycles. The van der Waals surface area contributed by atoms with Crippen molar-refractivity contribution < 1.29 is 0 Å². The maximum absolute atomic E-state index is 2.66. The minimum absolute atomic E-state index is 0.746. The zero-order valence-electron chi connectivity index (χ0n) is 9.05. The molecular weight excluding hydrogens is 160 g/mol. The third-order valence-electron chi connectivity index (χ3n) is 3.86. The second-order valence-electron chi connectivity index (χ2n) is 4.93. The Labute approximate surface area is 81.9 Å². The lowest BCUT2D eigenvalue weighted by atomic mass is 10.0. The SMILES string of the molecule is CCC1(CN2CCN(C)CC2)CC1. The Morgan fingerprint density at radius 3 is 2.15 bits per heavy atom. The van der Waals surface area contributed by atoms with E-state index >= 15 is 0 Å². The zero-order chi connectivity index (χ0) is 9.31. The van der Waals surface area contributed by atoms with E-state index in [-0.39, 0.29) is 0 Å². The smallest absolute Gasteiger partial charge is 0.0110 e. The molecule has 0 atom stereocenters. The molecule has 0 radical (unpaired) electrons. The monoisotopic (exact) mass is 182 g/mol. The maximum Gasteiger partial charge on any atom is 0.0110 e. The topological polar surface area (TPSA) is 6.48 Å². The van der Waals surface area contributed by atoms with Gasteiger partial charge in [0.15, 0.2) is 0 Å². The average molecular weight is 182 g/mol. The maximum atomic E-state index is 2.66. The molecule has 2 heteroatoms. The molecule has 0 aromatic carbocycles. The summed E-state index contributed by atoms with van der Waals surface area (Å²) in [5.74, 6) is 0. The second-order valence-corrected chi connectivity index (χ2v) is 4.93. The zero-order valence-corrected chi connectivity index (χ0v) is 9.05. The van der Waals surface area contributed by atoms with Crippen molar-refractivity contribution in [2.45, 2.75) is 26.2 Å². The molecule has 1 saturated heterocycles. The van der Waals surface area contributed by atoms with Crippen LogP contribution in [0.2, 0.25) is 0 Å². The molecule has 2 fully saturated rings. The first-order valence-electron chi connectivity index (χ1n) is 5.65. The van der Waals surface area contributed by atoms with Gasteiger partial charge in [-0.05, 0) is 31.7 Å². The predicted molar refractivity (Wildman–Crippen MR) is 55.9 cm³/mol. The second kappa shape index (κ2) is 3.58. The lowest BCUT2D eigenvalue weighted by molar-refractivity contribution is 0.129. The highest BCUT2D eigenvalue weighted by Crippen LogP contribution is 2.49. The van der Waals surface area contributed by atoms with E-state index in [1.807, 2.05) is 0 Å². The van der Waals surface area contributed by atoms with Crippen LogP contribution in [0.1, 0.15) is 26.2 Å². The van der Waals surface area contributed by atoms with Gasteiger partial charge in [-0.25, -0.2) is 0 Å². The van der Waals surface area contributed by atoms with E-state index in [1.165, 1.54) is 52.0 Å². The number of likely N-dealkylation sites (N-methyl/N-ethyl adjacent to an activating group) is 1. The largest absolute Gasteiger partial charge is 0.304 e. The predicted octanol–water partition coefficient (Wildman–Crippen LogP) is 1.42. The quantitative estimate of drug-likeness (QED) is 0.651. The van der Waals surface area contributed by atoms with E-state index in [4.69, 9.17) is 0 Å². The number of piperazine rings is 1. The Hall–Kier alpha value is -0.0800. The third kappa shape index (κ3) is 2.23. The van der Waals surface area contributed by atoms with Crippen LogP contribution < -0.4 is 0 Å². The van der Waals surface area contributed by atoms with Crippen molar-refractivity contribution in [3.8, 4) is 0 Å². The first-order chi connectivity index (χ1) is 6.24. The summed E-state index contributed by atoms with van der Waals surface area (Å²) in [4.78, 5) is 5.10. The summed E-state index contributed by atoms with van der Waals surface area (Å²) in [6.07, 6.45) is 4.35. The highest BCUT2D eigenvalue weighted by atomic mass is 15.2. The fourth-order valence-electron chi connectivity index (χ4n) is 2.28. The van der Waals surface area contributed by atoms with Crippen LogP contribution in [0.4, 0.5) is 0 Å². The molecule has 0 amide bonds. The molecule has 0 bridgehead atoms. The number of rotatable bonds is 3. The van der Waals surface area contributed by atoms with Gasteiger partial charge < -0.3 is 9.80 Å². The lowest BCUT2D eigenvalue weighted by Crippen LogP contribution is -2.46. The summed E-state index contributed by atoms with van der Waals surface area (Å²) in [5.41, 5.74) is 0.746. The molecule has 0 spiro atoms. The average Bonchev–Trinajstić information content (AvgIpc) is 2.90. The molecule has 0 aromatic heterocycles. The van der Waals surface area contributed by atoms with Crippen LogP contribution in [0.15, 0.2) is 0 Å². The van der Waals surface area contributed by atoms with Gasteiger partial charge in [-0.3, -0.25) is 0 Å². The van der Waals surface area contributed by atoms with Crippen LogP contribution in [0.5, 0.6) is 0 Å². The highest BCUT2D eigenvalue weighted by molar-refractivity contribution is 4.94. The van der Waals surface area contributed by atoms with Gasteiger partial charge >= 0.3 is 0 Å². The van der Waals surface area contributed by atoms with Crippen LogP contribution >= 0.6 is 0 Å². The number of hydrogen-bond donors (Lipinski definition) is 0. The van der Waals surface area contributed by atoms with Crippen molar-refractivity contribution in [3.63, 3.8) is 0 Å². The van der Waals surface area contributed by atoms with Crippen molar-refractivity contribution in [1.29, 1.82) is 0 Å². The van der Waals surface area contributed by atoms with Gasteiger partial charge in [0.25, 0.3) is 0 Å². The molecule has 13 heavy (non-hydrogen) atoms. The Morgan fingerprint density at radius 1 is 1.08 bits per heavy atom. The Kier molecular flexibility index (Phi) is 2.61. The van der Waals surface area contributed by atoms with Gasteiger partial charge in [0.2, 0.25) is 0 Å². The van der Waals surface area contributed by atoms with Gasteiger partial charge in [0.1, 0.15) is 0 Å². The van der Waals surface area contributed by atoms with Crippen LogP contribution in [0.25, 0.3) is 0 Å². The van der Waals surface area contributed by atoms with Crippen molar-refractivity contribution in [2.75, 3.05) is 39.8 Å². The van der Waals surface area contributed by atoms with Gasteiger partial charge in [-0.15, -0.1) is 0 Å². The lowest BCUT2D eigenvalue weighted by Gasteiger charge is -2.34. The van der Waals surface area contributed by atoms with Crippen LogP contribution in [0.3, 0.4) is 0 Å². The Bertz CT molecular complexity index is 167. The summed E-state index contributed by atoms with van der Waals surface area (Å²) in [5, 5.41) is 0. The van der Waals surface area contributed by atoms with E-state index in [1.54, 1.807) is 0 Å². The summed E-state index contributed by atoms with van der Waals surface area (Å²) in [7, 11) is 2.23. The Morgan fingerprint density at radius 2 is 1.69 bits per heavy atom. The van der Waals surface area contributed by atoms with Crippen LogP contribution in [0, 0.1) is 5.41 Å². The molecule has 1 aliphatic heterocycles. The molecule has 0 N–H and O–H groups in total. The van der Waals surface area contributed by atoms with E-state index in [2.05, 4.69) is 23.8 Å². The summed E-state index contributed by atoms with van der Waals surface area (Å²) < 4.78 is 0. The minimum atomic E-state index is 0.746.